The van der Waals surface area contributed by atoms with Crippen LogP contribution in [0.15, 0.2) is 24.8 Å². The average Bonchev–Trinajstić information content (AvgIpc) is 2.23. The van der Waals surface area contributed by atoms with Crippen molar-refractivity contribution in [3.05, 3.63) is 24.8 Å². The number of rotatable bonds is 4. The van der Waals surface area contributed by atoms with Gasteiger partial charge in [0.1, 0.15) is 0 Å². The number of hydrogen-bond donors (Lipinski definition) is 0. The van der Waals surface area contributed by atoms with Crippen LogP contribution in [0.25, 0.3) is 0 Å². The van der Waals surface area contributed by atoms with Crippen molar-refractivity contribution in [2.45, 2.75) is 30.4 Å². The molecule has 0 aliphatic rings. The molecule has 0 saturated carbocycles. The molecule has 0 rings (SSSR count). The lowest BCUT2D eigenvalue weighted by atomic mass is 9.75. The van der Waals surface area contributed by atoms with Gasteiger partial charge in [-0.05, 0) is 0 Å². The van der Waals surface area contributed by atoms with Gasteiger partial charge >= 0.3 is 30.4 Å². The molecule has 0 aromatic heterocycles. The minimum Gasteiger partial charge on any atom is -0.198 e. The Balaban J connectivity index is 6.94. The number of allylic oxidation sites excluding steroid dienone is 3. The van der Waals surface area contributed by atoms with Gasteiger partial charge in [-0.1, -0.05) is 24.8 Å². The smallest absolute Gasteiger partial charge is 0.198 e. The second-order valence-corrected chi connectivity index (χ2v) is 4.04. The normalized spacial score (nSPS) is 16.0. The maximum absolute atomic E-state index is 13.3. The summed E-state index contributed by atoms with van der Waals surface area (Å²) >= 11 is 0. The standard InChI is InChI=1S/C10H5F13/c1-2-3-4-5(8(15,16)17,9(18,19)20)6(11,12)7(13,14)10(21,22)23/h2-4H,1H2. The van der Waals surface area contributed by atoms with E-state index in [1.54, 1.807) is 0 Å². The monoisotopic (exact) mass is 372 g/mol. The van der Waals surface area contributed by atoms with Crippen LogP contribution in [-0.4, -0.2) is 30.4 Å². The molecule has 23 heavy (non-hydrogen) atoms. The largest absolute Gasteiger partial charge is 0.459 e. The van der Waals surface area contributed by atoms with Gasteiger partial charge in [0.05, 0.1) is 0 Å². The number of alkyl halides is 13. The predicted molar refractivity (Wildman–Crippen MR) is 49.8 cm³/mol. The molecular weight excluding hydrogens is 367 g/mol. The van der Waals surface area contributed by atoms with Gasteiger partial charge in [0, 0.05) is 0 Å². The molecule has 0 saturated heterocycles. The van der Waals surface area contributed by atoms with Crippen molar-refractivity contribution in [3.63, 3.8) is 0 Å². The highest BCUT2D eigenvalue weighted by molar-refractivity contribution is 5.22. The summed E-state index contributed by atoms with van der Waals surface area (Å²) in [4.78, 5) is 0. The van der Waals surface area contributed by atoms with Crippen LogP contribution < -0.4 is 0 Å². The lowest BCUT2D eigenvalue weighted by molar-refractivity contribution is -0.446. The van der Waals surface area contributed by atoms with E-state index in [9.17, 15) is 57.1 Å². The van der Waals surface area contributed by atoms with Gasteiger partial charge in [-0.25, -0.2) is 0 Å². The Bertz CT molecular complexity index is 445. The predicted octanol–water partition coefficient (Wildman–Crippen LogP) is 5.67. The lowest BCUT2D eigenvalue weighted by Gasteiger charge is -2.43. The van der Waals surface area contributed by atoms with Gasteiger partial charge in [-0.3, -0.25) is 0 Å². The van der Waals surface area contributed by atoms with Crippen LogP contribution in [0.4, 0.5) is 57.1 Å². The molecular formula is C10H5F13. The molecule has 0 fully saturated rings. The average molecular weight is 372 g/mol. The van der Waals surface area contributed by atoms with Gasteiger partial charge in [0.2, 0.25) is 5.41 Å². The SMILES string of the molecule is C=CC=CC(C(F)(F)F)(C(F)(F)F)C(F)(F)C(F)(F)C(F)(F)F. The lowest BCUT2D eigenvalue weighted by Crippen LogP contribution is -2.69. The minimum absolute atomic E-state index is 0.0635. The van der Waals surface area contributed by atoms with Gasteiger partial charge in [0.15, 0.2) is 0 Å². The molecule has 0 heterocycles. The summed E-state index contributed by atoms with van der Waals surface area (Å²) in [6, 6.07) is 0. The quantitative estimate of drug-likeness (QED) is 0.441. The topological polar surface area (TPSA) is 0 Å². The van der Waals surface area contributed by atoms with Crippen molar-refractivity contribution in [2.24, 2.45) is 5.41 Å². The summed E-state index contributed by atoms with van der Waals surface area (Å²) in [6.07, 6.45) is -23.8. The van der Waals surface area contributed by atoms with Crippen molar-refractivity contribution >= 4 is 0 Å². The van der Waals surface area contributed by atoms with Crippen LogP contribution in [0, 0.1) is 5.41 Å². The molecule has 0 bridgehead atoms. The Labute approximate surface area is 119 Å². The third-order valence-electron chi connectivity index (χ3n) is 2.62. The number of hydrogen-bond acceptors (Lipinski definition) is 0. The Morgan fingerprint density at radius 2 is 0.870 bits per heavy atom. The van der Waals surface area contributed by atoms with Crippen molar-refractivity contribution < 1.29 is 57.1 Å². The molecule has 0 aliphatic heterocycles. The zero-order valence-electron chi connectivity index (χ0n) is 10.4. The third-order valence-corrected chi connectivity index (χ3v) is 2.62. The van der Waals surface area contributed by atoms with E-state index in [4.69, 9.17) is 0 Å². The maximum atomic E-state index is 13.3. The zero-order chi connectivity index (χ0) is 19.1. The van der Waals surface area contributed by atoms with Crippen LogP contribution in [0.2, 0.25) is 0 Å². The maximum Gasteiger partial charge on any atom is 0.459 e. The summed E-state index contributed by atoms with van der Waals surface area (Å²) in [6.45, 7) is 2.54. The van der Waals surface area contributed by atoms with Crippen molar-refractivity contribution in [1.29, 1.82) is 0 Å². The molecule has 0 aliphatic carbocycles. The van der Waals surface area contributed by atoms with Crippen molar-refractivity contribution in [1.82, 2.24) is 0 Å². The summed E-state index contributed by atoms with van der Waals surface area (Å²) in [5.74, 6) is -15.3. The van der Waals surface area contributed by atoms with Crippen LogP contribution >= 0.6 is 0 Å². The first-order valence-corrected chi connectivity index (χ1v) is 5.07. The van der Waals surface area contributed by atoms with E-state index in [0.717, 1.165) is 0 Å². The molecule has 0 unspecified atom stereocenters. The third kappa shape index (κ3) is 3.01. The Morgan fingerprint density at radius 1 is 0.522 bits per heavy atom. The van der Waals surface area contributed by atoms with Gasteiger partial charge in [-0.15, -0.1) is 0 Å². The molecule has 13 heteroatoms. The second-order valence-electron chi connectivity index (χ2n) is 4.04. The first kappa shape index (κ1) is 21.6. The molecule has 0 N–H and O–H groups in total. The Morgan fingerprint density at radius 3 is 1.09 bits per heavy atom. The van der Waals surface area contributed by atoms with Crippen LogP contribution in [0.5, 0.6) is 0 Å². The van der Waals surface area contributed by atoms with Crippen LogP contribution in [0.3, 0.4) is 0 Å². The summed E-state index contributed by atoms with van der Waals surface area (Å²) < 4.78 is 164. The van der Waals surface area contributed by atoms with Crippen molar-refractivity contribution in [2.75, 3.05) is 0 Å². The second kappa shape index (κ2) is 5.58. The molecule has 0 radical (unpaired) electrons. The fourth-order valence-electron chi connectivity index (χ4n) is 1.45. The van der Waals surface area contributed by atoms with E-state index in [1.807, 2.05) is 0 Å². The van der Waals surface area contributed by atoms with E-state index in [1.165, 1.54) is 0 Å². The summed E-state index contributed by atoms with van der Waals surface area (Å²) in [5, 5.41) is 0. The molecule has 0 aromatic rings. The highest BCUT2D eigenvalue weighted by atomic mass is 19.4. The Kier molecular flexibility index (Phi) is 5.23. The highest BCUT2D eigenvalue weighted by Crippen LogP contribution is 2.65. The van der Waals surface area contributed by atoms with Gasteiger partial charge in [0.25, 0.3) is 0 Å². The van der Waals surface area contributed by atoms with Crippen LogP contribution in [0.1, 0.15) is 0 Å². The molecule has 136 valence electrons. The molecule has 0 amide bonds. The summed E-state index contributed by atoms with van der Waals surface area (Å²) in [7, 11) is 0. The van der Waals surface area contributed by atoms with E-state index >= 15 is 0 Å². The van der Waals surface area contributed by atoms with E-state index in [-0.39, 0.29) is 6.08 Å². The Hall–Kier alpha value is -1.43. The van der Waals surface area contributed by atoms with Gasteiger partial charge < -0.3 is 0 Å². The zero-order valence-corrected chi connectivity index (χ0v) is 10.4. The van der Waals surface area contributed by atoms with Crippen molar-refractivity contribution in [3.8, 4) is 0 Å². The van der Waals surface area contributed by atoms with E-state index in [0.29, 0.717) is 0 Å². The molecule has 0 spiro atoms. The summed E-state index contributed by atoms with van der Waals surface area (Å²) in [5.41, 5.74) is -6.79. The van der Waals surface area contributed by atoms with Crippen LogP contribution in [-0.2, 0) is 0 Å². The first-order chi connectivity index (χ1) is 9.81. The van der Waals surface area contributed by atoms with E-state index in [2.05, 4.69) is 6.58 Å². The molecule has 0 aromatic carbocycles. The highest BCUT2D eigenvalue weighted by Gasteiger charge is 2.91. The van der Waals surface area contributed by atoms with Gasteiger partial charge in [-0.2, -0.15) is 57.1 Å². The minimum atomic E-state index is -7.63. The molecule has 0 nitrogen and oxygen atoms in total. The fraction of sp³-hybridized carbons (Fsp3) is 0.600. The first-order valence-electron chi connectivity index (χ1n) is 5.07. The van der Waals surface area contributed by atoms with E-state index < -0.39 is 47.9 Å². The number of halogens is 13. The molecule has 0 atom stereocenters. The fourth-order valence-corrected chi connectivity index (χ4v) is 1.45.